The summed E-state index contributed by atoms with van der Waals surface area (Å²) in [5.41, 5.74) is 0.730. The van der Waals surface area contributed by atoms with Gasteiger partial charge in [-0.3, -0.25) is 14.9 Å². The quantitative estimate of drug-likeness (QED) is 0.402. The molecule has 4 amide bonds. The number of urea groups is 1. The number of amides is 4. The second-order valence-electron chi connectivity index (χ2n) is 6.72. The average molecular weight is 471 g/mol. The van der Waals surface area contributed by atoms with E-state index in [1.165, 1.54) is 6.08 Å². The van der Waals surface area contributed by atoms with E-state index in [9.17, 15) is 14.4 Å². The van der Waals surface area contributed by atoms with Crippen LogP contribution < -0.4 is 15.0 Å². The zero-order valence-electron chi connectivity index (χ0n) is 16.7. The van der Waals surface area contributed by atoms with Gasteiger partial charge in [0, 0.05) is 5.56 Å². The lowest BCUT2D eigenvalue weighted by molar-refractivity contribution is -0.122. The molecule has 0 spiro atoms. The number of barbiturate groups is 1. The molecule has 4 rings (SSSR count). The van der Waals surface area contributed by atoms with Gasteiger partial charge in [0.15, 0.2) is 0 Å². The molecule has 0 radical (unpaired) electrons. The number of ether oxygens (including phenoxy) is 1. The van der Waals surface area contributed by atoms with Crippen molar-refractivity contribution in [1.82, 2.24) is 5.32 Å². The second-order valence-corrected chi connectivity index (χ2v) is 7.53. The van der Waals surface area contributed by atoms with E-state index in [1.807, 2.05) is 6.92 Å². The molecule has 1 fully saturated rings. The van der Waals surface area contributed by atoms with Gasteiger partial charge in [0.25, 0.3) is 11.8 Å². The standard InChI is InChI=1S/C23H16Cl2N2O5/c1-2-31-15-6-4-14(5-7-15)27-22(29)17(21(28)26-23(27)30)12-16-8-10-20(32-16)13-3-9-18(24)19(25)11-13/h3-12H,2H2,1H3,(H,26,28,30)/b17-12-. The number of nitrogens with zero attached hydrogens (tertiary/aromatic N) is 1. The van der Waals surface area contributed by atoms with E-state index in [4.69, 9.17) is 32.4 Å². The number of benzene rings is 2. The lowest BCUT2D eigenvalue weighted by atomic mass is 10.1. The zero-order valence-corrected chi connectivity index (χ0v) is 18.2. The average Bonchev–Trinajstić information content (AvgIpc) is 3.23. The maximum absolute atomic E-state index is 13.0. The third-order valence-corrected chi connectivity index (χ3v) is 5.36. The summed E-state index contributed by atoms with van der Waals surface area (Å²) in [6, 6.07) is 13.8. The summed E-state index contributed by atoms with van der Waals surface area (Å²) in [7, 11) is 0. The first-order valence-corrected chi connectivity index (χ1v) is 10.3. The van der Waals surface area contributed by atoms with Crippen molar-refractivity contribution in [1.29, 1.82) is 0 Å². The van der Waals surface area contributed by atoms with Crippen molar-refractivity contribution in [3.05, 3.63) is 76.0 Å². The van der Waals surface area contributed by atoms with E-state index in [0.29, 0.717) is 39.4 Å². The van der Waals surface area contributed by atoms with E-state index in [1.54, 1.807) is 54.6 Å². The Bertz CT molecular complexity index is 1250. The van der Waals surface area contributed by atoms with Crippen molar-refractivity contribution in [3.8, 4) is 17.1 Å². The van der Waals surface area contributed by atoms with E-state index < -0.39 is 17.8 Å². The highest BCUT2D eigenvalue weighted by atomic mass is 35.5. The molecule has 0 bridgehead atoms. The first-order chi connectivity index (χ1) is 15.4. The molecule has 1 aromatic heterocycles. The Morgan fingerprint density at radius 2 is 1.75 bits per heavy atom. The Labute approximate surface area is 193 Å². The number of hydrogen-bond donors (Lipinski definition) is 1. The van der Waals surface area contributed by atoms with Gasteiger partial charge in [-0.25, -0.2) is 9.69 Å². The smallest absolute Gasteiger partial charge is 0.335 e. The lowest BCUT2D eigenvalue weighted by Crippen LogP contribution is -2.54. The van der Waals surface area contributed by atoms with Crippen LogP contribution in [0.4, 0.5) is 10.5 Å². The Balaban J connectivity index is 1.63. The molecule has 9 heteroatoms. The summed E-state index contributed by atoms with van der Waals surface area (Å²) in [5.74, 6) is -0.257. The molecule has 1 saturated heterocycles. The largest absolute Gasteiger partial charge is 0.494 e. The third-order valence-electron chi connectivity index (χ3n) is 4.63. The number of imide groups is 2. The topological polar surface area (TPSA) is 88.8 Å². The van der Waals surface area contributed by atoms with Crippen LogP contribution in [0.2, 0.25) is 10.0 Å². The van der Waals surface area contributed by atoms with Crippen molar-refractivity contribution in [3.63, 3.8) is 0 Å². The van der Waals surface area contributed by atoms with Gasteiger partial charge in [0.2, 0.25) is 0 Å². The van der Waals surface area contributed by atoms with E-state index in [0.717, 1.165) is 4.90 Å². The highest BCUT2D eigenvalue weighted by molar-refractivity contribution is 6.42. The normalized spacial score (nSPS) is 15.3. The fraction of sp³-hybridized carbons (Fsp3) is 0.0870. The van der Waals surface area contributed by atoms with Crippen LogP contribution in [0.25, 0.3) is 17.4 Å². The van der Waals surface area contributed by atoms with Gasteiger partial charge < -0.3 is 9.15 Å². The van der Waals surface area contributed by atoms with Crippen LogP contribution >= 0.6 is 23.2 Å². The van der Waals surface area contributed by atoms with Gasteiger partial charge in [-0.1, -0.05) is 23.2 Å². The summed E-state index contributed by atoms with van der Waals surface area (Å²) in [5, 5.41) is 2.95. The molecule has 162 valence electrons. The minimum atomic E-state index is -0.836. The van der Waals surface area contributed by atoms with Crippen LogP contribution in [0.5, 0.6) is 5.75 Å². The minimum Gasteiger partial charge on any atom is -0.494 e. The Kier molecular flexibility index (Phi) is 6.03. The van der Waals surface area contributed by atoms with E-state index in [2.05, 4.69) is 5.32 Å². The highest BCUT2D eigenvalue weighted by Crippen LogP contribution is 2.30. The second kappa shape index (κ2) is 8.90. The molecular formula is C23H16Cl2N2O5. The van der Waals surface area contributed by atoms with Crippen LogP contribution in [0, 0.1) is 0 Å². The molecule has 2 heterocycles. The number of anilines is 1. The maximum atomic E-state index is 13.0. The SMILES string of the molecule is CCOc1ccc(N2C(=O)NC(=O)/C(=C/c3ccc(-c4ccc(Cl)c(Cl)c4)o3)C2=O)cc1. The molecule has 32 heavy (non-hydrogen) atoms. The number of furan rings is 1. The van der Waals surface area contributed by atoms with Gasteiger partial charge >= 0.3 is 6.03 Å². The lowest BCUT2D eigenvalue weighted by Gasteiger charge is -2.26. The summed E-state index contributed by atoms with van der Waals surface area (Å²) < 4.78 is 11.1. The number of carbonyl (C=O) groups is 3. The molecule has 0 unspecified atom stereocenters. The molecule has 1 aliphatic rings. The van der Waals surface area contributed by atoms with Crippen molar-refractivity contribution < 1.29 is 23.5 Å². The van der Waals surface area contributed by atoms with Gasteiger partial charge in [0.05, 0.1) is 22.3 Å². The van der Waals surface area contributed by atoms with Gasteiger partial charge in [-0.05, 0) is 67.6 Å². The summed E-state index contributed by atoms with van der Waals surface area (Å²) in [6.07, 6.45) is 1.28. The van der Waals surface area contributed by atoms with Crippen molar-refractivity contribution in [2.24, 2.45) is 0 Å². The molecule has 1 N–H and O–H groups in total. The predicted molar refractivity (Wildman–Crippen MR) is 121 cm³/mol. The number of halogens is 2. The monoisotopic (exact) mass is 470 g/mol. The molecule has 3 aromatic rings. The van der Waals surface area contributed by atoms with E-state index in [-0.39, 0.29) is 11.3 Å². The van der Waals surface area contributed by atoms with Crippen LogP contribution in [0.1, 0.15) is 12.7 Å². The molecule has 1 aliphatic heterocycles. The highest BCUT2D eigenvalue weighted by Gasteiger charge is 2.37. The maximum Gasteiger partial charge on any atom is 0.335 e. The summed E-state index contributed by atoms with van der Waals surface area (Å²) >= 11 is 12.0. The Morgan fingerprint density at radius 3 is 2.44 bits per heavy atom. The fourth-order valence-corrected chi connectivity index (χ4v) is 3.43. The molecular weight excluding hydrogens is 455 g/mol. The molecule has 0 aliphatic carbocycles. The molecule has 2 aromatic carbocycles. The number of nitrogens with one attached hydrogen (secondary N) is 1. The number of hydrogen-bond acceptors (Lipinski definition) is 5. The first-order valence-electron chi connectivity index (χ1n) is 9.57. The van der Waals surface area contributed by atoms with Gasteiger partial charge in [-0.15, -0.1) is 0 Å². The molecule has 0 atom stereocenters. The summed E-state index contributed by atoms with van der Waals surface area (Å²) in [6.45, 7) is 2.33. The minimum absolute atomic E-state index is 0.242. The van der Waals surface area contributed by atoms with Crippen LogP contribution in [-0.2, 0) is 9.59 Å². The third kappa shape index (κ3) is 4.26. The predicted octanol–water partition coefficient (Wildman–Crippen LogP) is 5.32. The van der Waals surface area contributed by atoms with Crippen LogP contribution in [0.3, 0.4) is 0 Å². The van der Waals surface area contributed by atoms with Gasteiger partial charge in [0.1, 0.15) is 22.8 Å². The van der Waals surface area contributed by atoms with Crippen LogP contribution in [-0.4, -0.2) is 24.5 Å². The van der Waals surface area contributed by atoms with Crippen molar-refractivity contribution in [2.45, 2.75) is 6.92 Å². The Morgan fingerprint density at radius 1 is 1.00 bits per heavy atom. The van der Waals surface area contributed by atoms with Crippen molar-refractivity contribution in [2.75, 3.05) is 11.5 Å². The van der Waals surface area contributed by atoms with Crippen molar-refractivity contribution >= 4 is 52.8 Å². The zero-order chi connectivity index (χ0) is 22.8. The molecule has 7 nitrogen and oxygen atoms in total. The first kappa shape index (κ1) is 21.7. The fourth-order valence-electron chi connectivity index (χ4n) is 3.13. The molecule has 0 saturated carbocycles. The van der Waals surface area contributed by atoms with Crippen LogP contribution in [0.15, 0.2) is 64.6 Å². The van der Waals surface area contributed by atoms with Gasteiger partial charge in [-0.2, -0.15) is 0 Å². The number of rotatable bonds is 5. The number of carbonyl (C=O) groups excluding carboxylic acids is 3. The van der Waals surface area contributed by atoms with E-state index >= 15 is 0 Å². The summed E-state index contributed by atoms with van der Waals surface area (Å²) in [4.78, 5) is 38.6. The Hall–Kier alpha value is -3.55.